The number of aromatic nitrogens is 2. The van der Waals surface area contributed by atoms with Crippen molar-refractivity contribution in [2.75, 3.05) is 18.6 Å². The number of aryl methyl sites for hydroxylation is 1. The Balaban J connectivity index is 0.00000245. The summed E-state index contributed by atoms with van der Waals surface area (Å²) in [5, 5.41) is 1.29. The Bertz CT molecular complexity index is 1250. The van der Waals surface area contributed by atoms with Gasteiger partial charge in [0.2, 0.25) is 0 Å². The smallest absolute Gasteiger partial charge is 0.153 e. The molecule has 1 unspecified atom stereocenters. The Hall–Kier alpha value is -2.98. The van der Waals surface area contributed by atoms with Crippen LogP contribution in [-0.2, 0) is 13.0 Å². The van der Waals surface area contributed by atoms with Crippen LogP contribution in [0.15, 0.2) is 60.8 Å². The van der Waals surface area contributed by atoms with Crippen LogP contribution in [0.25, 0.3) is 10.9 Å². The third kappa shape index (κ3) is 3.63. The molecular formula is C27H30ClN3O. The summed E-state index contributed by atoms with van der Waals surface area (Å²) in [4.78, 5) is 7.40. The molecule has 4 aromatic rings. The van der Waals surface area contributed by atoms with Crippen LogP contribution in [0.3, 0.4) is 0 Å². The molecule has 166 valence electrons. The molecule has 0 saturated heterocycles. The van der Waals surface area contributed by atoms with Gasteiger partial charge >= 0.3 is 0 Å². The first-order valence-corrected chi connectivity index (χ1v) is 11.0. The van der Waals surface area contributed by atoms with Crippen LogP contribution in [0.1, 0.15) is 40.9 Å². The summed E-state index contributed by atoms with van der Waals surface area (Å²) in [6.07, 6.45) is 3.02. The fraction of sp³-hybridized carbons (Fsp3) is 0.296. The minimum Gasteiger partial charge on any atom is -0.497 e. The number of hydrogen-bond acceptors (Lipinski definition) is 3. The second-order valence-electron chi connectivity index (χ2n) is 8.49. The van der Waals surface area contributed by atoms with Crippen molar-refractivity contribution in [3.05, 3.63) is 88.7 Å². The third-order valence-corrected chi connectivity index (χ3v) is 6.89. The fourth-order valence-corrected chi connectivity index (χ4v) is 4.96. The molecule has 2 aromatic heterocycles. The van der Waals surface area contributed by atoms with E-state index in [0.29, 0.717) is 6.04 Å². The summed E-state index contributed by atoms with van der Waals surface area (Å²) in [5.74, 6) is 1.97. The first kappa shape index (κ1) is 22.2. The Morgan fingerprint density at radius 3 is 2.53 bits per heavy atom. The van der Waals surface area contributed by atoms with Gasteiger partial charge in [0, 0.05) is 30.4 Å². The number of fused-ring (bicyclic) bond motifs is 2. The Labute approximate surface area is 196 Å². The summed E-state index contributed by atoms with van der Waals surface area (Å²) in [6.45, 7) is 8.54. The predicted molar refractivity (Wildman–Crippen MR) is 134 cm³/mol. The van der Waals surface area contributed by atoms with E-state index < -0.39 is 0 Å². The zero-order chi connectivity index (χ0) is 21.5. The van der Waals surface area contributed by atoms with Gasteiger partial charge in [0.1, 0.15) is 5.75 Å². The molecule has 0 bridgehead atoms. The minimum absolute atomic E-state index is 0. The lowest BCUT2D eigenvalue weighted by Gasteiger charge is -2.36. The number of halogens is 1. The van der Waals surface area contributed by atoms with Crippen molar-refractivity contribution in [1.29, 1.82) is 0 Å². The lowest BCUT2D eigenvalue weighted by molar-refractivity contribution is 0.414. The van der Waals surface area contributed by atoms with Gasteiger partial charge in [0.05, 0.1) is 18.7 Å². The van der Waals surface area contributed by atoms with E-state index in [4.69, 9.17) is 9.72 Å². The van der Waals surface area contributed by atoms with Crippen LogP contribution < -0.4 is 9.64 Å². The summed E-state index contributed by atoms with van der Waals surface area (Å²) < 4.78 is 7.77. The van der Waals surface area contributed by atoms with Gasteiger partial charge in [-0.25, -0.2) is 4.98 Å². The van der Waals surface area contributed by atoms with Crippen molar-refractivity contribution < 1.29 is 4.74 Å². The Morgan fingerprint density at radius 2 is 1.78 bits per heavy atom. The number of hydrogen-bond donors (Lipinski definition) is 0. The van der Waals surface area contributed by atoms with Crippen LogP contribution in [0, 0.1) is 13.8 Å². The third-order valence-electron chi connectivity index (χ3n) is 6.89. The minimum atomic E-state index is 0. The van der Waals surface area contributed by atoms with Crippen molar-refractivity contribution >= 4 is 29.1 Å². The average molecular weight is 448 g/mol. The lowest BCUT2D eigenvalue weighted by atomic mass is 9.93. The molecule has 5 rings (SSSR count). The highest BCUT2D eigenvalue weighted by molar-refractivity contribution is 5.94. The molecule has 1 aliphatic heterocycles. The van der Waals surface area contributed by atoms with Gasteiger partial charge in [-0.3, -0.25) is 0 Å². The largest absolute Gasteiger partial charge is 0.497 e. The highest BCUT2D eigenvalue weighted by Gasteiger charge is 2.27. The SMILES string of the molecule is COc1ccc(Cn2c(C)c(C)c3ccnc(N4CCc5ccccc5C4C)c32)cc1.Cl. The lowest BCUT2D eigenvalue weighted by Crippen LogP contribution is -2.34. The highest BCUT2D eigenvalue weighted by Crippen LogP contribution is 2.38. The van der Waals surface area contributed by atoms with Crippen LogP contribution in [0.4, 0.5) is 5.82 Å². The fourth-order valence-electron chi connectivity index (χ4n) is 4.96. The van der Waals surface area contributed by atoms with Crippen molar-refractivity contribution in [3.8, 4) is 5.75 Å². The summed E-state index contributed by atoms with van der Waals surface area (Å²) in [7, 11) is 1.71. The summed E-state index contributed by atoms with van der Waals surface area (Å²) in [6, 6.07) is 19.6. The highest BCUT2D eigenvalue weighted by atomic mass is 35.5. The maximum absolute atomic E-state index is 5.33. The molecule has 2 aromatic carbocycles. The maximum Gasteiger partial charge on any atom is 0.153 e. The van der Waals surface area contributed by atoms with Crippen LogP contribution in [0.2, 0.25) is 0 Å². The number of anilines is 1. The van der Waals surface area contributed by atoms with Gasteiger partial charge in [-0.15, -0.1) is 12.4 Å². The molecule has 0 spiro atoms. The molecule has 3 heterocycles. The van der Waals surface area contributed by atoms with Crippen LogP contribution >= 0.6 is 12.4 Å². The van der Waals surface area contributed by atoms with Crippen molar-refractivity contribution in [2.45, 2.75) is 39.8 Å². The van der Waals surface area contributed by atoms with Crippen LogP contribution in [-0.4, -0.2) is 23.2 Å². The monoisotopic (exact) mass is 447 g/mol. The predicted octanol–water partition coefficient (Wildman–Crippen LogP) is 6.26. The molecule has 1 aliphatic rings. The van der Waals surface area contributed by atoms with Gasteiger partial charge in [0.25, 0.3) is 0 Å². The zero-order valence-corrected chi connectivity index (χ0v) is 19.9. The van der Waals surface area contributed by atoms with E-state index in [0.717, 1.165) is 31.1 Å². The second kappa shape index (κ2) is 8.87. The second-order valence-corrected chi connectivity index (χ2v) is 8.49. The number of ether oxygens (including phenoxy) is 1. The zero-order valence-electron chi connectivity index (χ0n) is 19.1. The van der Waals surface area contributed by atoms with E-state index in [9.17, 15) is 0 Å². The molecular weight excluding hydrogens is 418 g/mol. The number of pyridine rings is 1. The van der Waals surface area contributed by atoms with E-state index >= 15 is 0 Å². The van der Waals surface area contributed by atoms with Crippen LogP contribution in [0.5, 0.6) is 5.75 Å². The first-order chi connectivity index (χ1) is 15.1. The molecule has 5 heteroatoms. The molecule has 0 radical (unpaired) electrons. The van der Waals surface area contributed by atoms with E-state index in [2.05, 4.69) is 72.7 Å². The van der Waals surface area contributed by atoms with Gasteiger partial charge in [-0.2, -0.15) is 0 Å². The number of benzene rings is 2. The van der Waals surface area contributed by atoms with E-state index in [1.807, 2.05) is 18.3 Å². The molecule has 32 heavy (non-hydrogen) atoms. The van der Waals surface area contributed by atoms with Crippen molar-refractivity contribution in [2.24, 2.45) is 0 Å². The quantitative estimate of drug-likeness (QED) is 0.370. The van der Waals surface area contributed by atoms with Gasteiger partial charge in [-0.05, 0) is 67.6 Å². The number of rotatable bonds is 4. The van der Waals surface area contributed by atoms with Gasteiger partial charge in [-0.1, -0.05) is 36.4 Å². The topological polar surface area (TPSA) is 30.3 Å². The standard InChI is InChI=1S/C27H29N3O.ClH/c1-18-19(2)30(17-21-9-11-23(31-4)12-10-21)26-24(18)13-15-28-27(26)29-16-14-22-7-5-6-8-25(22)20(29)3;/h5-13,15,20H,14,16-17H2,1-4H3;1H. The Kier molecular flexibility index (Phi) is 6.16. The Morgan fingerprint density at radius 1 is 1.03 bits per heavy atom. The summed E-state index contributed by atoms with van der Waals surface area (Å²) in [5.41, 5.74) is 7.99. The van der Waals surface area contributed by atoms with Gasteiger partial charge < -0.3 is 14.2 Å². The molecule has 4 nitrogen and oxygen atoms in total. The molecule has 0 amide bonds. The van der Waals surface area contributed by atoms with E-state index in [1.165, 1.54) is 38.9 Å². The van der Waals surface area contributed by atoms with E-state index in [1.54, 1.807) is 7.11 Å². The molecule has 0 aliphatic carbocycles. The molecule has 1 atom stereocenters. The average Bonchev–Trinajstić information content (AvgIpc) is 3.05. The number of methoxy groups -OCH3 is 1. The maximum atomic E-state index is 5.33. The van der Waals surface area contributed by atoms with Crippen molar-refractivity contribution in [1.82, 2.24) is 9.55 Å². The molecule has 0 fully saturated rings. The van der Waals surface area contributed by atoms with E-state index in [-0.39, 0.29) is 12.4 Å². The summed E-state index contributed by atoms with van der Waals surface area (Å²) >= 11 is 0. The number of nitrogens with zero attached hydrogens (tertiary/aromatic N) is 3. The normalized spacial score (nSPS) is 15.4. The van der Waals surface area contributed by atoms with Gasteiger partial charge in [0.15, 0.2) is 5.82 Å². The molecule has 0 N–H and O–H groups in total. The molecule has 0 saturated carbocycles. The van der Waals surface area contributed by atoms with Crippen molar-refractivity contribution in [3.63, 3.8) is 0 Å². The first-order valence-electron chi connectivity index (χ1n) is 11.0.